The van der Waals surface area contributed by atoms with Crippen LogP contribution in [-0.2, 0) is 14.8 Å². The average molecular weight is 377 g/mol. The van der Waals surface area contributed by atoms with Gasteiger partial charge in [0.05, 0.1) is 31.6 Å². The lowest BCUT2D eigenvalue weighted by Crippen LogP contribution is -2.19. The lowest BCUT2D eigenvalue weighted by atomic mass is 10.3. The second kappa shape index (κ2) is 6.64. The summed E-state index contributed by atoms with van der Waals surface area (Å²) in [6.45, 7) is 0. The van der Waals surface area contributed by atoms with Crippen LogP contribution in [0.1, 0.15) is 10.5 Å². The van der Waals surface area contributed by atoms with Gasteiger partial charge in [0, 0.05) is 0 Å². The van der Waals surface area contributed by atoms with E-state index in [0.717, 1.165) is 11.1 Å². The first kappa shape index (κ1) is 17.7. The zero-order chi connectivity index (χ0) is 18.9. The normalized spacial score (nSPS) is 11.3. The highest BCUT2D eigenvalue weighted by Gasteiger charge is 2.30. The Hall–Kier alpha value is -3.14. The molecule has 0 amide bonds. The monoisotopic (exact) mass is 377 g/mol. The largest absolute Gasteiger partial charge is 0.480 e. The Bertz CT molecular complexity index is 1080. The minimum atomic E-state index is -4.14. The van der Waals surface area contributed by atoms with Crippen LogP contribution in [0.15, 0.2) is 41.3 Å². The van der Waals surface area contributed by atoms with Crippen LogP contribution in [0.3, 0.4) is 0 Å². The first-order chi connectivity index (χ1) is 12.4. The van der Waals surface area contributed by atoms with Gasteiger partial charge in [-0.2, -0.15) is 9.97 Å². The van der Waals surface area contributed by atoms with Gasteiger partial charge in [-0.05, 0) is 18.2 Å². The third-order valence-corrected chi connectivity index (χ3v) is 5.33. The third kappa shape index (κ3) is 2.73. The molecule has 0 fully saturated rings. The van der Waals surface area contributed by atoms with Crippen LogP contribution in [-0.4, -0.2) is 49.7 Å². The van der Waals surface area contributed by atoms with Crippen LogP contribution < -0.4 is 9.47 Å². The van der Waals surface area contributed by atoms with E-state index in [2.05, 4.69) is 9.97 Å². The zero-order valence-electron chi connectivity index (χ0n) is 14.2. The first-order valence-electron chi connectivity index (χ1n) is 7.34. The second-order valence-corrected chi connectivity index (χ2v) is 6.85. The second-order valence-electron chi connectivity index (χ2n) is 5.06. The fourth-order valence-corrected chi connectivity index (χ4v) is 3.91. The summed E-state index contributed by atoms with van der Waals surface area (Å²) in [5.74, 6) is -0.775. The predicted molar refractivity (Wildman–Crippen MR) is 91.0 cm³/mol. The van der Waals surface area contributed by atoms with Gasteiger partial charge < -0.3 is 14.2 Å². The number of carbonyl (C=O) groups is 1. The number of hydrogen-bond donors (Lipinski definition) is 0. The van der Waals surface area contributed by atoms with Crippen LogP contribution >= 0.6 is 0 Å². The number of esters is 1. The molecular weight excluding hydrogens is 362 g/mol. The summed E-state index contributed by atoms with van der Waals surface area (Å²) in [4.78, 5) is 20.3. The van der Waals surface area contributed by atoms with Crippen molar-refractivity contribution in [2.75, 3.05) is 21.3 Å². The molecule has 0 radical (unpaired) electrons. The van der Waals surface area contributed by atoms with E-state index in [4.69, 9.17) is 14.2 Å². The Morgan fingerprint density at radius 2 is 1.73 bits per heavy atom. The van der Waals surface area contributed by atoms with Gasteiger partial charge in [0.15, 0.2) is 5.65 Å². The predicted octanol–water partition coefficient (Wildman–Crippen LogP) is 1.47. The number of aromatic nitrogens is 3. The molecule has 0 aliphatic carbocycles. The maximum atomic E-state index is 13.2. The molecule has 0 unspecified atom stereocenters. The number of nitrogens with zero attached hydrogens (tertiary/aromatic N) is 3. The number of benzene rings is 1. The summed E-state index contributed by atoms with van der Waals surface area (Å²) in [5.41, 5.74) is -0.287. The third-order valence-electron chi connectivity index (χ3n) is 3.61. The van der Waals surface area contributed by atoms with Crippen molar-refractivity contribution in [1.29, 1.82) is 0 Å². The summed E-state index contributed by atoms with van der Waals surface area (Å²) < 4.78 is 42.0. The van der Waals surface area contributed by atoms with Crippen molar-refractivity contribution >= 4 is 27.0 Å². The maximum absolute atomic E-state index is 13.2. The van der Waals surface area contributed by atoms with Crippen molar-refractivity contribution < 1.29 is 27.4 Å². The molecule has 1 aromatic carbocycles. The average Bonchev–Trinajstić information content (AvgIpc) is 3.07. The van der Waals surface area contributed by atoms with Crippen LogP contribution in [0.2, 0.25) is 0 Å². The highest BCUT2D eigenvalue weighted by atomic mass is 32.2. The summed E-state index contributed by atoms with van der Waals surface area (Å²) in [6, 6.07) is 8.87. The molecule has 10 heteroatoms. The molecule has 0 spiro atoms. The van der Waals surface area contributed by atoms with Gasteiger partial charge in [-0.1, -0.05) is 18.2 Å². The molecule has 26 heavy (non-hydrogen) atoms. The van der Waals surface area contributed by atoms with Crippen molar-refractivity contribution in [3.05, 3.63) is 42.1 Å². The molecule has 136 valence electrons. The number of fused-ring (bicyclic) bond motifs is 1. The summed E-state index contributed by atoms with van der Waals surface area (Å²) in [7, 11) is -0.291. The first-order valence-corrected chi connectivity index (χ1v) is 8.78. The summed E-state index contributed by atoms with van der Waals surface area (Å²) in [5, 5.41) is 0.230. The number of methoxy groups -OCH3 is 3. The van der Waals surface area contributed by atoms with Crippen LogP contribution in [0.4, 0.5) is 0 Å². The molecule has 9 nitrogen and oxygen atoms in total. The standard InChI is InChI=1S/C16H15N3O6S/c1-23-14-11-9-12(15(20)24-2)19(13(11)17-16(18-14)25-3)26(21,22)10-7-5-4-6-8-10/h4-9H,1-3H3. The molecule has 0 saturated heterocycles. The number of hydrogen-bond acceptors (Lipinski definition) is 8. The maximum Gasteiger partial charge on any atom is 0.355 e. The van der Waals surface area contributed by atoms with Crippen molar-refractivity contribution in [3.63, 3.8) is 0 Å². The van der Waals surface area contributed by atoms with Gasteiger partial charge in [0.25, 0.3) is 10.0 Å². The molecular formula is C16H15N3O6S. The van der Waals surface area contributed by atoms with Gasteiger partial charge in [-0.15, -0.1) is 0 Å². The van der Waals surface area contributed by atoms with Crippen molar-refractivity contribution in [2.45, 2.75) is 4.90 Å². The van der Waals surface area contributed by atoms with Crippen LogP contribution in [0, 0.1) is 0 Å². The van der Waals surface area contributed by atoms with Gasteiger partial charge in [0.1, 0.15) is 5.69 Å². The smallest absolute Gasteiger partial charge is 0.355 e. The molecule has 2 aromatic heterocycles. The lowest BCUT2D eigenvalue weighted by Gasteiger charge is -2.11. The number of ether oxygens (including phenoxy) is 3. The quantitative estimate of drug-likeness (QED) is 0.615. The topological polar surface area (TPSA) is 110 Å². The number of rotatable bonds is 5. The lowest BCUT2D eigenvalue weighted by molar-refractivity contribution is 0.0593. The van der Waals surface area contributed by atoms with Gasteiger partial charge in [-0.25, -0.2) is 17.2 Å². The van der Waals surface area contributed by atoms with E-state index >= 15 is 0 Å². The van der Waals surface area contributed by atoms with Crippen molar-refractivity contribution in [3.8, 4) is 11.9 Å². The molecule has 0 aliphatic rings. The highest BCUT2D eigenvalue weighted by molar-refractivity contribution is 7.90. The molecule has 0 aliphatic heterocycles. The summed E-state index contributed by atoms with van der Waals surface area (Å²) in [6.07, 6.45) is 0. The molecule has 0 atom stereocenters. The Kier molecular flexibility index (Phi) is 4.51. The minimum absolute atomic E-state index is 0.0146. The zero-order valence-corrected chi connectivity index (χ0v) is 15.0. The van der Waals surface area contributed by atoms with E-state index in [1.807, 2.05) is 0 Å². The Labute approximate surface area is 149 Å². The van der Waals surface area contributed by atoms with E-state index < -0.39 is 16.0 Å². The molecule has 2 heterocycles. The SMILES string of the molecule is COC(=O)c1cc2c(OC)nc(OC)nc2n1S(=O)(=O)c1ccccc1. The Morgan fingerprint density at radius 1 is 1.04 bits per heavy atom. The minimum Gasteiger partial charge on any atom is -0.480 e. The van der Waals surface area contributed by atoms with E-state index in [1.54, 1.807) is 18.2 Å². The fraction of sp³-hybridized carbons (Fsp3) is 0.188. The number of carbonyl (C=O) groups excluding carboxylic acids is 1. The molecule has 3 rings (SSSR count). The highest BCUT2D eigenvalue weighted by Crippen LogP contribution is 2.31. The van der Waals surface area contributed by atoms with Gasteiger partial charge in [-0.3, -0.25) is 0 Å². The van der Waals surface area contributed by atoms with E-state index in [0.29, 0.717) is 0 Å². The van der Waals surface area contributed by atoms with Gasteiger partial charge >= 0.3 is 12.0 Å². The van der Waals surface area contributed by atoms with Gasteiger partial charge in [0.2, 0.25) is 5.88 Å². The Morgan fingerprint density at radius 3 is 2.31 bits per heavy atom. The molecule has 0 N–H and O–H groups in total. The van der Waals surface area contributed by atoms with Crippen molar-refractivity contribution in [1.82, 2.24) is 13.9 Å². The molecule has 0 saturated carbocycles. The van der Waals surface area contributed by atoms with E-state index in [-0.39, 0.29) is 33.5 Å². The Balaban J connectivity index is 2.44. The fourth-order valence-electron chi connectivity index (χ4n) is 2.44. The summed E-state index contributed by atoms with van der Waals surface area (Å²) >= 11 is 0. The molecule has 0 bridgehead atoms. The van der Waals surface area contributed by atoms with Crippen molar-refractivity contribution in [2.24, 2.45) is 0 Å². The van der Waals surface area contributed by atoms with E-state index in [1.165, 1.54) is 32.4 Å². The van der Waals surface area contributed by atoms with E-state index in [9.17, 15) is 13.2 Å². The van der Waals surface area contributed by atoms with Crippen LogP contribution in [0.25, 0.3) is 11.0 Å². The molecule has 3 aromatic rings. The van der Waals surface area contributed by atoms with Crippen LogP contribution in [0.5, 0.6) is 11.9 Å².